The predicted octanol–water partition coefficient (Wildman–Crippen LogP) is 3.70. The van der Waals surface area contributed by atoms with Crippen molar-refractivity contribution in [3.8, 4) is 0 Å². The summed E-state index contributed by atoms with van der Waals surface area (Å²) < 4.78 is 38.6. The molecule has 0 aromatic carbocycles. The van der Waals surface area contributed by atoms with Crippen LogP contribution in [0.15, 0.2) is 0 Å². The van der Waals surface area contributed by atoms with Crippen molar-refractivity contribution < 1.29 is 13.2 Å². The van der Waals surface area contributed by atoms with Gasteiger partial charge in [0.05, 0.1) is 5.88 Å². The zero-order valence-electron chi connectivity index (χ0n) is 7.91. The van der Waals surface area contributed by atoms with Crippen LogP contribution in [0.5, 0.6) is 0 Å². The van der Waals surface area contributed by atoms with E-state index in [9.17, 15) is 13.2 Å². The molecule has 1 aromatic heterocycles. The molecule has 0 bridgehead atoms. The fourth-order valence-corrected chi connectivity index (χ4v) is 1.78. The summed E-state index contributed by atoms with van der Waals surface area (Å²) in [6.07, 6.45) is -3.85. The number of alkyl halides is 4. The molecule has 15 heavy (non-hydrogen) atoms. The maximum atomic E-state index is 12.5. The average molecular weight is 261 g/mol. The quantitative estimate of drug-likeness (QED) is 0.758. The fourth-order valence-electron chi connectivity index (χ4n) is 1.18. The second-order valence-corrected chi connectivity index (χ2v) is 3.60. The van der Waals surface area contributed by atoms with Crippen LogP contribution in [-0.4, -0.2) is 9.78 Å². The Hall–Kier alpha value is -0.420. The van der Waals surface area contributed by atoms with Gasteiger partial charge in [-0.3, -0.25) is 4.68 Å². The van der Waals surface area contributed by atoms with Crippen LogP contribution in [0.3, 0.4) is 0 Å². The van der Waals surface area contributed by atoms with Crippen LogP contribution in [0.4, 0.5) is 13.2 Å². The van der Waals surface area contributed by atoms with Crippen molar-refractivity contribution in [3.05, 3.63) is 16.4 Å². The molecule has 0 atom stereocenters. The first kappa shape index (κ1) is 12.6. The number of hydrogen-bond donors (Lipinski definition) is 0. The minimum absolute atomic E-state index is 0.0285. The molecule has 1 aromatic rings. The molecule has 0 spiro atoms. The van der Waals surface area contributed by atoms with Gasteiger partial charge in [-0.25, -0.2) is 0 Å². The highest BCUT2D eigenvalue weighted by Gasteiger charge is 2.38. The summed E-state index contributed by atoms with van der Waals surface area (Å²) in [6.45, 7) is 2.17. The zero-order valence-corrected chi connectivity index (χ0v) is 9.42. The van der Waals surface area contributed by atoms with Crippen molar-refractivity contribution in [2.45, 2.75) is 31.9 Å². The van der Waals surface area contributed by atoms with E-state index in [1.54, 1.807) is 0 Å². The Morgan fingerprint density at radius 3 is 2.33 bits per heavy atom. The molecule has 0 saturated carbocycles. The molecule has 0 N–H and O–H groups in total. The van der Waals surface area contributed by atoms with Gasteiger partial charge in [0.2, 0.25) is 0 Å². The third-order valence-corrected chi connectivity index (χ3v) is 2.51. The van der Waals surface area contributed by atoms with Gasteiger partial charge in [0.1, 0.15) is 5.15 Å². The number of aromatic nitrogens is 2. The molecule has 0 amide bonds. The molecule has 2 nitrogen and oxygen atoms in total. The van der Waals surface area contributed by atoms with Gasteiger partial charge in [0, 0.05) is 12.1 Å². The lowest BCUT2D eigenvalue weighted by molar-refractivity contribution is -0.142. The minimum Gasteiger partial charge on any atom is -0.253 e. The summed E-state index contributed by atoms with van der Waals surface area (Å²) >= 11 is 11.1. The number of nitrogens with zero attached hydrogens (tertiary/aromatic N) is 2. The highest BCUT2D eigenvalue weighted by molar-refractivity contribution is 6.31. The van der Waals surface area contributed by atoms with Crippen LogP contribution < -0.4 is 0 Å². The van der Waals surface area contributed by atoms with Crippen LogP contribution in [0.2, 0.25) is 5.15 Å². The highest BCUT2D eigenvalue weighted by atomic mass is 35.5. The summed E-state index contributed by atoms with van der Waals surface area (Å²) in [5.74, 6) is -0.294. The largest absolute Gasteiger partial charge is 0.435 e. The van der Waals surface area contributed by atoms with E-state index in [2.05, 4.69) is 5.10 Å². The SMILES string of the molecule is CCCn1nc(C(F)(F)F)c(CCl)c1Cl. The molecule has 0 saturated heterocycles. The molecule has 0 fully saturated rings. The second kappa shape index (κ2) is 4.61. The Bertz CT molecular complexity index is 346. The standard InChI is InChI=1S/C8H9Cl2F3N2/c1-2-3-15-7(10)5(4-9)6(14-15)8(11,12)13/h2-4H2,1H3. The van der Waals surface area contributed by atoms with Gasteiger partial charge in [-0.2, -0.15) is 18.3 Å². The van der Waals surface area contributed by atoms with Gasteiger partial charge in [0.25, 0.3) is 0 Å². The maximum absolute atomic E-state index is 12.5. The summed E-state index contributed by atoms with van der Waals surface area (Å²) in [5.41, 5.74) is -1.14. The first-order valence-electron chi connectivity index (χ1n) is 4.30. The molecule has 0 aliphatic heterocycles. The number of aryl methyl sites for hydroxylation is 1. The normalized spacial score (nSPS) is 12.1. The lowest BCUT2D eigenvalue weighted by atomic mass is 10.3. The molecule has 1 heterocycles. The van der Waals surface area contributed by atoms with E-state index >= 15 is 0 Å². The van der Waals surface area contributed by atoms with Crippen molar-refractivity contribution >= 4 is 23.2 Å². The van der Waals surface area contributed by atoms with Gasteiger partial charge in [-0.05, 0) is 6.42 Å². The smallest absolute Gasteiger partial charge is 0.253 e. The minimum atomic E-state index is -4.51. The van der Waals surface area contributed by atoms with Gasteiger partial charge >= 0.3 is 6.18 Å². The van der Waals surface area contributed by atoms with E-state index in [0.717, 1.165) is 4.68 Å². The molecular formula is C8H9Cl2F3N2. The van der Waals surface area contributed by atoms with E-state index in [4.69, 9.17) is 23.2 Å². The van der Waals surface area contributed by atoms with Crippen molar-refractivity contribution in [1.29, 1.82) is 0 Å². The summed E-state index contributed by atoms with van der Waals surface area (Å²) in [4.78, 5) is 0. The van der Waals surface area contributed by atoms with Crippen molar-refractivity contribution in [1.82, 2.24) is 9.78 Å². The fraction of sp³-hybridized carbons (Fsp3) is 0.625. The molecule has 0 unspecified atom stereocenters. The summed E-state index contributed by atoms with van der Waals surface area (Å²) in [6, 6.07) is 0. The van der Waals surface area contributed by atoms with Crippen LogP contribution in [0.25, 0.3) is 0 Å². The molecule has 0 aliphatic carbocycles. The predicted molar refractivity (Wildman–Crippen MR) is 52.1 cm³/mol. The van der Waals surface area contributed by atoms with Crippen LogP contribution in [0, 0.1) is 0 Å². The Kier molecular flexibility index (Phi) is 3.89. The third-order valence-electron chi connectivity index (χ3n) is 1.82. The Morgan fingerprint density at radius 1 is 1.40 bits per heavy atom. The molecular weight excluding hydrogens is 252 g/mol. The van der Waals surface area contributed by atoms with Gasteiger partial charge < -0.3 is 0 Å². The third kappa shape index (κ3) is 2.58. The maximum Gasteiger partial charge on any atom is 0.435 e. The topological polar surface area (TPSA) is 17.8 Å². The summed E-state index contributed by atoms with van der Waals surface area (Å²) in [5, 5.41) is 3.39. The van der Waals surface area contributed by atoms with Crippen molar-refractivity contribution in [2.24, 2.45) is 0 Å². The highest BCUT2D eigenvalue weighted by Crippen LogP contribution is 2.35. The monoisotopic (exact) mass is 260 g/mol. The van der Waals surface area contributed by atoms with Crippen molar-refractivity contribution in [3.63, 3.8) is 0 Å². The van der Waals surface area contributed by atoms with E-state index in [0.29, 0.717) is 13.0 Å². The van der Waals surface area contributed by atoms with Gasteiger partial charge in [-0.15, -0.1) is 11.6 Å². The van der Waals surface area contributed by atoms with E-state index < -0.39 is 11.9 Å². The van der Waals surface area contributed by atoms with Crippen molar-refractivity contribution in [2.75, 3.05) is 0 Å². The molecule has 0 radical (unpaired) electrons. The van der Waals surface area contributed by atoms with Gasteiger partial charge in [-0.1, -0.05) is 18.5 Å². The number of halogens is 5. The Morgan fingerprint density at radius 2 is 2.00 bits per heavy atom. The first-order chi connectivity index (χ1) is 6.91. The summed E-state index contributed by atoms with van der Waals surface area (Å²) in [7, 11) is 0. The van der Waals surface area contributed by atoms with Crippen LogP contribution in [-0.2, 0) is 18.6 Å². The Labute approximate surface area is 95.0 Å². The lowest BCUT2D eigenvalue weighted by Gasteiger charge is -2.03. The van der Waals surface area contributed by atoms with E-state index in [1.807, 2.05) is 6.92 Å². The van der Waals surface area contributed by atoms with E-state index in [1.165, 1.54) is 0 Å². The Balaban J connectivity index is 3.22. The number of hydrogen-bond acceptors (Lipinski definition) is 1. The molecule has 1 rings (SSSR count). The number of rotatable bonds is 3. The molecule has 7 heteroatoms. The second-order valence-electron chi connectivity index (χ2n) is 2.97. The molecule has 86 valence electrons. The first-order valence-corrected chi connectivity index (χ1v) is 5.21. The van der Waals surface area contributed by atoms with Crippen LogP contribution in [0.1, 0.15) is 24.6 Å². The average Bonchev–Trinajstić information content (AvgIpc) is 2.44. The van der Waals surface area contributed by atoms with Crippen LogP contribution >= 0.6 is 23.2 Å². The van der Waals surface area contributed by atoms with E-state index in [-0.39, 0.29) is 16.6 Å². The zero-order chi connectivity index (χ0) is 11.6. The lowest BCUT2D eigenvalue weighted by Crippen LogP contribution is -2.09. The molecule has 0 aliphatic rings. The van der Waals surface area contributed by atoms with Gasteiger partial charge in [0.15, 0.2) is 5.69 Å².